The van der Waals surface area contributed by atoms with Gasteiger partial charge in [-0.1, -0.05) is 170 Å². The highest BCUT2D eigenvalue weighted by atomic mass is 14.9. The van der Waals surface area contributed by atoms with Crippen molar-refractivity contribution in [1.29, 1.82) is 0 Å². The average molecular weight is 723 g/mol. The van der Waals surface area contributed by atoms with Crippen molar-refractivity contribution in [3.63, 3.8) is 0 Å². The van der Waals surface area contributed by atoms with Gasteiger partial charge in [-0.3, -0.25) is 0 Å². The van der Waals surface area contributed by atoms with E-state index in [2.05, 4.69) is 0 Å². The third-order valence-electron chi connectivity index (χ3n) is 10.5. The molecule has 0 saturated heterocycles. The van der Waals surface area contributed by atoms with Gasteiger partial charge in [-0.05, 0) is 57.6 Å². The fourth-order valence-electron chi connectivity index (χ4n) is 7.93. The Labute approximate surface area is 337 Å². The molecular weight excluding hydrogens is 681 g/mol. The summed E-state index contributed by atoms with van der Waals surface area (Å²) >= 11 is 0. The Morgan fingerprint density at radius 1 is 0.321 bits per heavy atom. The molecule has 9 aromatic rings. The van der Waals surface area contributed by atoms with E-state index in [1.807, 2.05) is 121 Å². The average Bonchev–Trinajstić information content (AvgIpc) is 3.34. The lowest BCUT2D eigenvalue weighted by atomic mass is 9.60. The summed E-state index contributed by atoms with van der Waals surface area (Å²) in [5.41, 5.74) is 7.89. The quantitative estimate of drug-likeness (QED) is 0.171. The van der Waals surface area contributed by atoms with Crippen LogP contribution in [-0.4, -0.2) is 19.9 Å². The van der Waals surface area contributed by atoms with Gasteiger partial charge in [0.2, 0.25) is 0 Å². The maximum Gasteiger partial charge on any atom is 0.160 e. The molecule has 2 unspecified atom stereocenters. The van der Waals surface area contributed by atoms with E-state index in [4.69, 9.17) is 22.7 Å². The largest absolute Gasteiger partial charge is 0.228 e. The van der Waals surface area contributed by atoms with Crippen molar-refractivity contribution in [2.24, 2.45) is 0 Å². The first-order chi connectivity index (χ1) is 31.1. The summed E-state index contributed by atoms with van der Waals surface area (Å²) < 4.78 is 75.8. The molecule has 0 amide bonds. The number of rotatable bonds is 6. The second kappa shape index (κ2) is 13.2. The molecule has 0 aliphatic heterocycles. The first kappa shape index (κ1) is 24.9. The Bertz CT molecular complexity index is 3030. The molecule has 12 rings (SSSR count). The summed E-state index contributed by atoms with van der Waals surface area (Å²) in [5, 5.41) is 0. The van der Waals surface area contributed by atoms with Gasteiger partial charge in [0, 0.05) is 45.2 Å². The zero-order valence-electron chi connectivity index (χ0n) is 37.8. The highest BCUT2D eigenvalue weighted by Crippen LogP contribution is 2.56. The number of benzene rings is 7. The molecule has 2 bridgehead atoms. The van der Waals surface area contributed by atoms with Crippen molar-refractivity contribution in [3.05, 3.63) is 227 Å². The molecule has 7 aromatic carbocycles. The van der Waals surface area contributed by atoms with E-state index in [1.165, 1.54) is 0 Å². The van der Waals surface area contributed by atoms with Gasteiger partial charge in [0.1, 0.15) is 0 Å². The van der Waals surface area contributed by atoms with Crippen LogP contribution in [0.4, 0.5) is 0 Å². The summed E-state index contributed by atoms with van der Waals surface area (Å²) in [7, 11) is 0. The second-order valence-electron chi connectivity index (χ2n) is 13.9. The minimum Gasteiger partial charge on any atom is -0.228 e. The van der Waals surface area contributed by atoms with Gasteiger partial charge < -0.3 is 0 Å². The van der Waals surface area contributed by atoms with E-state index in [1.54, 1.807) is 24.3 Å². The van der Waals surface area contributed by atoms with Crippen molar-refractivity contribution in [2.45, 2.75) is 11.8 Å². The predicted molar refractivity (Wildman–Crippen MR) is 225 cm³/mol. The van der Waals surface area contributed by atoms with Crippen LogP contribution in [0.3, 0.4) is 0 Å². The van der Waals surface area contributed by atoms with E-state index >= 15 is 0 Å². The fraction of sp³-hybridized carbons (Fsp3) is 0.0385. The van der Waals surface area contributed by atoms with Crippen LogP contribution in [-0.2, 0) is 0 Å². The zero-order valence-corrected chi connectivity index (χ0v) is 29.8. The molecule has 3 aliphatic carbocycles. The van der Waals surface area contributed by atoms with Gasteiger partial charge in [0.05, 0.1) is 33.7 Å². The van der Waals surface area contributed by atoms with Crippen LogP contribution in [0.2, 0.25) is 0 Å². The van der Waals surface area contributed by atoms with Gasteiger partial charge in [0.15, 0.2) is 11.6 Å². The standard InChI is InChI=1S/C52H34N4/c1-5-15-33(16-6-1)45-31-47(55-51(53-45)35-19-9-3-10-20-35)37-25-27-41-43(29-37)49-39-23-13-14-24-40(39)50(41)44-30-38(26-28-42(44)49)48-32-46(34-17-7-2-8-18-34)54-52(56-48)36-21-11-4-12-22-36/h1-32,49-50H/i13D,14D,23D,24D,27D,28D,29D,30D. The molecule has 4 heteroatoms. The van der Waals surface area contributed by atoms with E-state index in [9.17, 15) is 8.22 Å². The zero-order chi connectivity index (χ0) is 44.0. The van der Waals surface area contributed by atoms with Crippen molar-refractivity contribution in [2.75, 3.05) is 0 Å². The maximum absolute atomic E-state index is 10.0. The number of hydrogen-bond donors (Lipinski definition) is 0. The Balaban J connectivity index is 1.17. The van der Waals surface area contributed by atoms with Gasteiger partial charge in [-0.2, -0.15) is 0 Å². The lowest BCUT2D eigenvalue weighted by molar-refractivity contribution is 0.755. The molecule has 2 aromatic heterocycles. The normalized spacial score (nSPS) is 16.8. The van der Waals surface area contributed by atoms with Crippen LogP contribution in [0.25, 0.3) is 67.8 Å². The summed E-state index contributed by atoms with van der Waals surface area (Å²) in [4.78, 5) is 19.8. The van der Waals surface area contributed by atoms with Crippen LogP contribution in [0, 0.1) is 0 Å². The Hall–Kier alpha value is -7.30. The SMILES string of the molecule is [2H]c1cc(-c2cc(-c3ccccc3)nc(-c3ccccc3)n2)c([2H])c2c1C1c3c([2H])c(-c4cc(-c5ccccc5)nc(-c5ccccc5)n4)cc([2H])c3C2c2c([2H])c([2H])c([2H])c([2H])c21. The van der Waals surface area contributed by atoms with Crippen LogP contribution in [0.1, 0.15) is 56.2 Å². The van der Waals surface area contributed by atoms with E-state index in [-0.39, 0.29) is 47.4 Å². The molecule has 0 saturated carbocycles. The molecule has 0 fully saturated rings. The van der Waals surface area contributed by atoms with Crippen LogP contribution < -0.4 is 0 Å². The first-order valence-corrected chi connectivity index (χ1v) is 18.5. The summed E-state index contributed by atoms with van der Waals surface area (Å²) in [6.45, 7) is 0. The third-order valence-corrected chi connectivity index (χ3v) is 10.5. The van der Waals surface area contributed by atoms with E-state index < -0.39 is 23.9 Å². The molecule has 3 aliphatic rings. The van der Waals surface area contributed by atoms with E-state index in [0.29, 0.717) is 67.8 Å². The monoisotopic (exact) mass is 722 g/mol. The lowest BCUT2D eigenvalue weighted by Crippen LogP contribution is -2.27. The van der Waals surface area contributed by atoms with Crippen molar-refractivity contribution in [3.8, 4) is 67.8 Å². The van der Waals surface area contributed by atoms with Gasteiger partial charge in [-0.15, -0.1) is 0 Å². The topological polar surface area (TPSA) is 51.6 Å². The first-order valence-electron chi connectivity index (χ1n) is 22.5. The smallest absolute Gasteiger partial charge is 0.160 e. The molecule has 262 valence electrons. The second-order valence-corrected chi connectivity index (χ2v) is 13.9. The molecule has 2 atom stereocenters. The van der Waals surface area contributed by atoms with Crippen LogP contribution in [0.15, 0.2) is 194 Å². The Morgan fingerprint density at radius 3 is 1.02 bits per heavy atom. The molecule has 0 N–H and O–H groups in total. The van der Waals surface area contributed by atoms with Crippen LogP contribution >= 0.6 is 0 Å². The molecular formula is C52H34N4. The minimum atomic E-state index is -1.07. The molecule has 4 nitrogen and oxygen atoms in total. The number of hydrogen-bond acceptors (Lipinski definition) is 4. The third kappa shape index (κ3) is 5.46. The lowest BCUT2D eigenvalue weighted by Gasteiger charge is -2.42. The van der Waals surface area contributed by atoms with Crippen molar-refractivity contribution < 1.29 is 11.0 Å². The van der Waals surface area contributed by atoms with Gasteiger partial charge in [-0.25, -0.2) is 19.9 Å². The number of nitrogens with zero attached hydrogens (tertiary/aromatic N) is 4. The molecule has 2 heterocycles. The highest BCUT2D eigenvalue weighted by molar-refractivity contribution is 5.78. The highest BCUT2D eigenvalue weighted by Gasteiger charge is 2.41. The van der Waals surface area contributed by atoms with Crippen LogP contribution in [0.5, 0.6) is 0 Å². The Kier molecular flexibility index (Phi) is 5.88. The Morgan fingerprint density at radius 2 is 0.643 bits per heavy atom. The molecule has 0 spiro atoms. The minimum absolute atomic E-state index is 0.0206. The summed E-state index contributed by atoms with van der Waals surface area (Å²) in [6, 6.07) is 43.8. The maximum atomic E-state index is 10.0. The van der Waals surface area contributed by atoms with Crippen molar-refractivity contribution >= 4 is 0 Å². The molecule has 0 radical (unpaired) electrons. The van der Waals surface area contributed by atoms with Crippen molar-refractivity contribution in [1.82, 2.24) is 19.9 Å². The molecule has 56 heavy (non-hydrogen) atoms. The fourth-order valence-corrected chi connectivity index (χ4v) is 7.93. The summed E-state index contributed by atoms with van der Waals surface area (Å²) in [6.07, 6.45) is 0. The van der Waals surface area contributed by atoms with Gasteiger partial charge in [0.25, 0.3) is 0 Å². The van der Waals surface area contributed by atoms with E-state index in [0.717, 1.165) is 22.3 Å². The van der Waals surface area contributed by atoms with Gasteiger partial charge >= 0.3 is 0 Å². The predicted octanol–water partition coefficient (Wildman–Crippen LogP) is 12.3. The number of aromatic nitrogens is 4. The summed E-state index contributed by atoms with van der Waals surface area (Å²) in [5.74, 6) is -1.27.